The number of aromatic nitrogens is 10. The second kappa shape index (κ2) is 50.5. The number of esters is 3. The molecular weight excluding hydrogens is 1520 g/mol. The lowest BCUT2D eigenvalue weighted by Crippen LogP contribution is -2.41. The summed E-state index contributed by atoms with van der Waals surface area (Å²) in [4.78, 5) is 116. The molecular formula is C79H110Cl3F6N11O12. The van der Waals surface area contributed by atoms with Crippen molar-refractivity contribution in [2.45, 2.75) is 300 Å². The number of ether oxygens (including phenoxy) is 3. The summed E-state index contributed by atoms with van der Waals surface area (Å²) in [5, 5.41) is 8.37. The van der Waals surface area contributed by atoms with Crippen molar-refractivity contribution in [1.82, 2.24) is 47.4 Å². The molecule has 1 aliphatic heterocycles. The zero-order chi connectivity index (χ0) is 83.0. The summed E-state index contributed by atoms with van der Waals surface area (Å²) in [6.07, 6.45) is 14.8. The normalized spacial score (nSPS) is 12.4. The molecule has 8 rings (SSSR count). The second-order valence-electron chi connectivity index (χ2n) is 26.0. The number of alkyl halides is 8. The van der Waals surface area contributed by atoms with Crippen LogP contribution >= 0.6 is 34.8 Å². The van der Waals surface area contributed by atoms with Gasteiger partial charge in [-0.25, -0.2) is 19.6 Å². The first-order valence-electron chi connectivity index (χ1n) is 38.4. The van der Waals surface area contributed by atoms with Gasteiger partial charge < -0.3 is 19.0 Å². The smallest absolute Gasteiger partial charge is 0.416 e. The van der Waals surface area contributed by atoms with Crippen LogP contribution in [-0.4, -0.2) is 93.7 Å². The maximum atomic E-state index is 13.8. The average Bonchev–Trinajstić information content (AvgIpc) is 1.59. The third-order valence-electron chi connectivity index (χ3n) is 16.9. The van der Waals surface area contributed by atoms with Gasteiger partial charge in [0.25, 0.3) is 11.1 Å². The lowest BCUT2D eigenvalue weighted by atomic mass is 10.1. The molecule has 0 spiro atoms. The number of hydrogen-bond acceptors (Lipinski definition) is 16. The van der Waals surface area contributed by atoms with E-state index in [1.807, 2.05) is 55.4 Å². The standard InChI is InChI=1S/C30H37F3N6O4.C22H22F3N5O2.2C9H17ClO2.C6H11ClO.C3H6O/c1-5-9-10-14-24(40)43-23(7-3)39-25-27(37(8-4)29(42)38(15-6-2)28(25)41)35-26(39)21-17-34-36(19-21)18-20-12-11-13-22(16-20)30(31,32)33;1-3-8-30-20(31)17-10-18(27-19(17)29(4-2)21(30)32)15-11-26-28(13-15)12-14-6-5-7-16(9-14)22(23,24)25;2*1-3-5-6-7-9(11)12-8(10)4-2;1-2-3-4-5-6(7)8;1-2-3-4/h11-13,16-17,19,23H,5-10,14-15,18H2,1-4H3;5-7,9,11,13H,3-4,8,10,12H2,1-2H3;2*8H,3-7H2,1-2H3;2-5H2,1H3;3H,2H2,1H3. The van der Waals surface area contributed by atoms with Gasteiger partial charge in [-0.05, 0) is 112 Å². The van der Waals surface area contributed by atoms with Gasteiger partial charge in [0.2, 0.25) is 5.24 Å². The number of rotatable bonds is 36. The third-order valence-corrected chi connectivity index (χ3v) is 17.9. The highest BCUT2D eigenvalue weighted by molar-refractivity contribution is 6.63. The highest BCUT2D eigenvalue weighted by Gasteiger charge is 2.33. The number of fused-ring (bicyclic) bond motifs is 2. The fraction of sp³-hybridized carbons (Fsp3) is 0.582. The average molecular weight is 1630 g/mol. The number of carbonyl (C=O) groups is 5. The van der Waals surface area contributed by atoms with E-state index in [0.29, 0.717) is 117 Å². The number of benzene rings is 2. The zero-order valence-corrected chi connectivity index (χ0v) is 68.2. The Balaban J connectivity index is 0.000000406. The lowest BCUT2D eigenvalue weighted by molar-refractivity contribution is -0.154. The summed E-state index contributed by atoms with van der Waals surface area (Å²) in [5.74, 6) is -0.136. The number of unbranched alkanes of at least 4 members (excludes halogenated alkanes) is 8. The van der Waals surface area contributed by atoms with Crippen LogP contribution < -0.4 is 22.5 Å². The third kappa shape index (κ3) is 31.6. The molecule has 6 heterocycles. The number of carbonyl (C=O) groups excluding carboxylic acids is 5. The maximum absolute atomic E-state index is 13.8. The summed E-state index contributed by atoms with van der Waals surface area (Å²) >= 11 is 16.3. The Bertz CT molecular complexity index is 4300. The van der Waals surface area contributed by atoms with Crippen molar-refractivity contribution < 1.29 is 64.5 Å². The van der Waals surface area contributed by atoms with Gasteiger partial charge in [-0.1, -0.05) is 168 Å². The van der Waals surface area contributed by atoms with Gasteiger partial charge in [0, 0.05) is 89.1 Å². The molecule has 2 aromatic carbocycles. The van der Waals surface area contributed by atoms with E-state index in [1.54, 1.807) is 42.2 Å². The number of halogens is 9. The summed E-state index contributed by atoms with van der Waals surface area (Å²) in [6, 6.07) is 10.1. The van der Waals surface area contributed by atoms with Crippen LogP contribution in [0.4, 0.5) is 32.2 Å². The van der Waals surface area contributed by atoms with E-state index in [4.69, 9.17) is 54.0 Å². The Kier molecular flexibility index (Phi) is 44.1. The van der Waals surface area contributed by atoms with E-state index in [2.05, 4.69) is 36.0 Å². The van der Waals surface area contributed by atoms with Gasteiger partial charge in [0.05, 0.1) is 53.4 Å². The summed E-state index contributed by atoms with van der Waals surface area (Å²) in [6.45, 7) is 24.5. The first-order valence-corrected chi connectivity index (χ1v) is 39.7. The van der Waals surface area contributed by atoms with Crippen LogP contribution in [0.3, 0.4) is 0 Å². The van der Waals surface area contributed by atoms with E-state index in [-0.39, 0.29) is 84.4 Å². The highest BCUT2D eigenvalue weighted by Crippen LogP contribution is 2.33. The molecule has 0 radical (unpaired) electrons. The largest absolute Gasteiger partial charge is 0.446 e. The van der Waals surface area contributed by atoms with Gasteiger partial charge in [-0.2, -0.15) is 36.5 Å². The number of aldehydes is 1. The number of imidazole rings is 1. The SMILES string of the molecule is CCC=O.CCCCCC(=O)Cl.CCCCCC(=O)OC(CC)n1c(-c2cnn(Cc3cccc(C(F)(F)F)c3)c2)nc2c1c(=O)n(CCC)c(=O)n2CC.CCCCCC(=O)OC(Cl)CC.CCCCCC(=O)OC(Cl)CC.CCCn1c(=O)c2c(n(CC)c1=O)N=C(c1cnn(Cc3cccc(C(F)(F)F)c3)c1)C2. The Morgan fingerprint density at radius 2 is 0.964 bits per heavy atom. The minimum atomic E-state index is -4.47. The number of aryl methyl sites for hydroxylation is 1. The summed E-state index contributed by atoms with van der Waals surface area (Å²) in [5.41, 5.74) is -0.756. The Labute approximate surface area is 660 Å². The van der Waals surface area contributed by atoms with Crippen LogP contribution in [0.1, 0.15) is 264 Å². The van der Waals surface area contributed by atoms with Crippen molar-refractivity contribution in [3.63, 3.8) is 0 Å². The van der Waals surface area contributed by atoms with Crippen molar-refractivity contribution in [3.05, 3.63) is 148 Å². The molecule has 3 atom stereocenters. The molecule has 1 aliphatic rings. The predicted molar refractivity (Wildman–Crippen MR) is 421 cm³/mol. The van der Waals surface area contributed by atoms with Gasteiger partial charge in [0.1, 0.15) is 17.9 Å². The van der Waals surface area contributed by atoms with E-state index < -0.39 is 58.1 Å². The van der Waals surface area contributed by atoms with Crippen LogP contribution in [0.15, 0.2) is 97.5 Å². The van der Waals surface area contributed by atoms with Crippen LogP contribution in [-0.2, 0) is 96.2 Å². The van der Waals surface area contributed by atoms with Crippen LogP contribution in [0.25, 0.3) is 22.6 Å². The summed E-state index contributed by atoms with van der Waals surface area (Å²) < 4.78 is 104. The molecule has 0 saturated heterocycles. The van der Waals surface area contributed by atoms with E-state index >= 15 is 0 Å². The fourth-order valence-electron chi connectivity index (χ4n) is 11.1. The molecule has 0 aliphatic carbocycles. The Morgan fingerprint density at radius 1 is 0.541 bits per heavy atom. The first kappa shape index (κ1) is 96.8. The fourth-order valence-corrected chi connectivity index (χ4v) is 11.4. The summed E-state index contributed by atoms with van der Waals surface area (Å²) in [7, 11) is 0. The lowest BCUT2D eigenvalue weighted by Gasteiger charge is -2.21. The predicted octanol–water partition coefficient (Wildman–Crippen LogP) is 18.2. The quantitative estimate of drug-likeness (QED) is 0.00672. The molecule has 5 aromatic heterocycles. The molecule has 0 bridgehead atoms. The molecule has 32 heteroatoms. The van der Waals surface area contributed by atoms with Crippen LogP contribution in [0.5, 0.6) is 0 Å². The van der Waals surface area contributed by atoms with Gasteiger partial charge in [0.15, 0.2) is 28.5 Å². The number of aliphatic imine (C=N–C) groups is 1. The number of hydrogen-bond donors (Lipinski definition) is 0. The van der Waals surface area contributed by atoms with Crippen molar-refractivity contribution in [3.8, 4) is 11.4 Å². The van der Waals surface area contributed by atoms with E-state index in [1.165, 1.54) is 46.0 Å². The molecule has 7 aromatic rings. The van der Waals surface area contributed by atoms with E-state index in [0.717, 1.165) is 101 Å². The number of nitrogens with zero attached hydrogens (tertiary/aromatic N) is 11. The molecule has 0 N–H and O–H groups in total. The Morgan fingerprint density at radius 3 is 1.37 bits per heavy atom. The maximum Gasteiger partial charge on any atom is 0.416 e. The monoisotopic (exact) mass is 1620 g/mol. The Hall–Kier alpha value is -8.44. The van der Waals surface area contributed by atoms with Crippen molar-refractivity contribution >= 4 is 86.9 Å². The minimum absolute atomic E-state index is 0.0523. The first-order chi connectivity index (χ1) is 52.8. The molecule has 0 amide bonds. The molecule has 0 fully saturated rings. The van der Waals surface area contributed by atoms with Crippen LogP contribution in [0, 0.1) is 0 Å². The minimum Gasteiger partial charge on any atom is -0.446 e. The zero-order valence-electron chi connectivity index (χ0n) is 66.0. The second-order valence-corrected chi connectivity index (χ2v) is 27.4. The molecule has 23 nitrogen and oxygen atoms in total. The topological polar surface area (TPSA) is 267 Å². The molecule has 616 valence electrons. The van der Waals surface area contributed by atoms with Gasteiger partial charge in [-0.15, -0.1) is 0 Å². The van der Waals surface area contributed by atoms with E-state index in [9.17, 15) is 69.5 Å². The highest BCUT2D eigenvalue weighted by atomic mass is 35.5. The van der Waals surface area contributed by atoms with Crippen LogP contribution in [0.2, 0.25) is 0 Å². The molecule has 111 heavy (non-hydrogen) atoms. The van der Waals surface area contributed by atoms with Gasteiger partial charge in [-0.3, -0.25) is 61.0 Å². The molecule has 0 saturated carbocycles. The van der Waals surface area contributed by atoms with Crippen molar-refractivity contribution in [1.29, 1.82) is 0 Å². The van der Waals surface area contributed by atoms with Gasteiger partial charge >= 0.3 is 41.6 Å². The van der Waals surface area contributed by atoms with Crippen molar-refractivity contribution in [2.24, 2.45) is 4.99 Å². The van der Waals surface area contributed by atoms with Crippen molar-refractivity contribution in [2.75, 3.05) is 0 Å². The molecule has 3 unspecified atom stereocenters.